The van der Waals surface area contributed by atoms with E-state index in [0.717, 1.165) is 21.3 Å². The van der Waals surface area contributed by atoms with Gasteiger partial charge in [-0.05, 0) is 46.1 Å². The lowest BCUT2D eigenvalue weighted by Crippen LogP contribution is -2.50. The number of carbonyl (C=O) groups excluding carboxylic acids is 2. The van der Waals surface area contributed by atoms with Crippen molar-refractivity contribution >= 4 is 33.4 Å². The molecule has 0 radical (unpaired) electrons. The second-order valence-corrected chi connectivity index (χ2v) is 7.64. The van der Waals surface area contributed by atoms with E-state index in [2.05, 4.69) is 26.1 Å². The minimum atomic E-state index is -0.0402. The van der Waals surface area contributed by atoms with Gasteiger partial charge in [0.05, 0.1) is 18.7 Å². The molecule has 3 rings (SSSR count). The van der Waals surface area contributed by atoms with Crippen molar-refractivity contribution in [1.29, 1.82) is 0 Å². The molecule has 0 bridgehead atoms. The van der Waals surface area contributed by atoms with E-state index in [1.165, 1.54) is 0 Å². The molecule has 1 fully saturated rings. The molecule has 1 saturated heterocycles. The number of benzene rings is 2. The lowest BCUT2D eigenvalue weighted by Gasteiger charge is -2.34. The highest BCUT2D eigenvalue weighted by Gasteiger charge is 2.22. The molecular weight excluding hydrogens is 406 g/mol. The molecule has 1 heterocycles. The molecule has 0 unspecified atom stereocenters. The van der Waals surface area contributed by atoms with Gasteiger partial charge in [-0.1, -0.05) is 36.4 Å². The number of aryl methyl sites for hydroxylation is 1. The van der Waals surface area contributed by atoms with Crippen LogP contribution >= 0.6 is 15.9 Å². The number of piperazine rings is 1. The summed E-state index contributed by atoms with van der Waals surface area (Å²) in [4.78, 5) is 28.8. The monoisotopic (exact) mass is 429 g/mol. The van der Waals surface area contributed by atoms with Crippen LogP contribution in [0.4, 0.5) is 5.69 Å². The summed E-state index contributed by atoms with van der Waals surface area (Å²) in [6, 6.07) is 15.6. The van der Waals surface area contributed by atoms with Gasteiger partial charge < -0.3 is 10.2 Å². The van der Waals surface area contributed by atoms with E-state index >= 15 is 0 Å². The molecule has 2 aromatic rings. The maximum atomic E-state index is 12.6. The van der Waals surface area contributed by atoms with E-state index in [0.29, 0.717) is 39.1 Å². The number of anilines is 1. The first-order valence-corrected chi connectivity index (χ1v) is 9.91. The predicted molar refractivity (Wildman–Crippen MR) is 111 cm³/mol. The molecule has 2 amide bonds. The summed E-state index contributed by atoms with van der Waals surface area (Å²) in [5.74, 6) is 0.114. The third kappa shape index (κ3) is 5.40. The highest BCUT2D eigenvalue weighted by Crippen LogP contribution is 2.21. The topological polar surface area (TPSA) is 52.7 Å². The molecule has 142 valence electrons. The Balaban J connectivity index is 1.46. The largest absolute Gasteiger partial charge is 0.340 e. The van der Waals surface area contributed by atoms with Crippen LogP contribution in [0.5, 0.6) is 0 Å². The second kappa shape index (κ2) is 9.15. The lowest BCUT2D eigenvalue weighted by atomic mass is 10.1. The van der Waals surface area contributed by atoms with E-state index in [1.54, 1.807) is 0 Å². The highest BCUT2D eigenvalue weighted by atomic mass is 79.9. The van der Waals surface area contributed by atoms with Gasteiger partial charge in [0.25, 0.3) is 0 Å². The van der Waals surface area contributed by atoms with Gasteiger partial charge >= 0.3 is 0 Å². The van der Waals surface area contributed by atoms with Crippen molar-refractivity contribution in [3.8, 4) is 0 Å². The van der Waals surface area contributed by atoms with Gasteiger partial charge in [-0.25, -0.2) is 0 Å². The average Bonchev–Trinajstić information content (AvgIpc) is 2.66. The summed E-state index contributed by atoms with van der Waals surface area (Å²) in [7, 11) is 0. The molecule has 0 saturated carbocycles. The van der Waals surface area contributed by atoms with Gasteiger partial charge in [0, 0.05) is 30.7 Å². The maximum absolute atomic E-state index is 12.6. The molecule has 0 aromatic heterocycles. The van der Waals surface area contributed by atoms with Crippen LogP contribution in [0.25, 0.3) is 0 Å². The molecule has 0 atom stereocenters. The first kappa shape index (κ1) is 19.6. The Kier molecular flexibility index (Phi) is 6.63. The highest BCUT2D eigenvalue weighted by molar-refractivity contribution is 9.10. The quantitative estimate of drug-likeness (QED) is 0.794. The molecule has 0 aliphatic carbocycles. The predicted octanol–water partition coefficient (Wildman–Crippen LogP) is 3.08. The fourth-order valence-electron chi connectivity index (χ4n) is 3.19. The van der Waals surface area contributed by atoms with E-state index in [1.807, 2.05) is 60.4 Å². The number of para-hydroxylation sites is 1. The number of carbonyl (C=O) groups is 2. The van der Waals surface area contributed by atoms with Gasteiger partial charge in [-0.3, -0.25) is 14.5 Å². The Hall–Kier alpha value is -2.18. The standard InChI is InChI=1S/C21H24BrN3O2/c1-16-6-2-3-7-17(16)14-21(27)25-12-10-24(11-13-25)15-20(26)23-19-9-5-4-8-18(19)22/h2-9H,10-15H2,1H3,(H,23,26). The Morgan fingerprint density at radius 2 is 1.67 bits per heavy atom. The zero-order valence-corrected chi connectivity index (χ0v) is 17.0. The molecule has 27 heavy (non-hydrogen) atoms. The van der Waals surface area contributed by atoms with E-state index in [-0.39, 0.29) is 11.8 Å². The van der Waals surface area contributed by atoms with Crippen LogP contribution in [0.3, 0.4) is 0 Å². The second-order valence-electron chi connectivity index (χ2n) is 6.79. The van der Waals surface area contributed by atoms with Gasteiger partial charge in [0.2, 0.25) is 11.8 Å². The Morgan fingerprint density at radius 3 is 2.37 bits per heavy atom. The van der Waals surface area contributed by atoms with Crippen molar-refractivity contribution in [2.24, 2.45) is 0 Å². The number of rotatable bonds is 5. The number of halogens is 1. The van der Waals surface area contributed by atoms with Gasteiger partial charge in [0.1, 0.15) is 0 Å². The van der Waals surface area contributed by atoms with Crippen LogP contribution in [-0.2, 0) is 16.0 Å². The van der Waals surface area contributed by atoms with Crippen molar-refractivity contribution < 1.29 is 9.59 Å². The summed E-state index contributed by atoms with van der Waals surface area (Å²) in [5.41, 5.74) is 3.00. The molecule has 1 N–H and O–H groups in total. The zero-order chi connectivity index (χ0) is 19.2. The van der Waals surface area contributed by atoms with Gasteiger partial charge in [-0.2, -0.15) is 0 Å². The molecular formula is C21H24BrN3O2. The van der Waals surface area contributed by atoms with Crippen molar-refractivity contribution in [1.82, 2.24) is 9.80 Å². The zero-order valence-electron chi connectivity index (χ0n) is 15.5. The number of hydrogen-bond donors (Lipinski definition) is 1. The number of hydrogen-bond acceptors (Lipinski definition) is 3. The Morgan fingerprint density at radius 1 is 1.00 bits per heavy atom. The molecule has 1 aliphatic rings. The van der Waals surface area contributed by atoms with Crippen LogP contribution in [-0.4, -0.2) is 54.3 Å². The maximum Gasteiger partial charge on any atom is 0.238 e. The van der Waals surface area contributed by atoms with E-state index in [4.69, 9.17) is 0 Å². The van der Waals surface area contributed by atoms with E-state index in [9.17, 15) is 9.59 Å². The van der Waals surface area contributed by atoms with Crippen LogP contribution in [0.1, 0.15) is 11.1 Å². The molecule has 0 spiro atoms. The average molecular weight is 430 g/mol. The Bertz CT molecular complexity index is 817. The third-order valence-corrected chi connectivity index (χ3v) is 5.53. The van der Waals surface area contributed by atoms with Crippen LogP contribution in [0, 0.1) is 6.92 Å². The number of nitrogens with zero attached hydrogens (tertiary/aromatic N) is 2. The normalized spacial score (nSPS) is 14.8. The summed E-state index contributed by atoms with van der Waals surface area (Å²) in [5, 5.41) is 2.92. The lowest BCUT2D eigenvalue weighted by molar-refractivity contribution is -0.132. The third-order valence-electron chi connectivity index (χ3n) is 4.84. The summed E-state index contributed by atoms with van der Waals surface area (Å²) in [6.45, 7) is 5.11. The molecule has 5 nitrogen and oxygen atoms in total. The fraction of sp³-hybridized carbons (Fsp3) is 0.333. The number of amides is 2. The first-order chi connectivity index (χ1) is 13.0. The van der Waals surface area contributed by atoms with Crippen LogP contribution in [0.15, 0.2) is 53.0 Å². The van der Waals surface area contributed by atoms with Crippen LogP contribution < -0.4 is 5.32 Å². The fourth-order valence-corrected chi connectivity index (χ4v) is 3.58. The Labute approximate surface area is 168 Å². The summed E-state index contributed by atoms with van der Waals surface area (Å²) in [6.07, 6.45) is 0.440. The summed E-state index contributed by atoms with van der Waals surface area (Å²) >= 11 is 3.43. The van der Waals surface area contributed by atoms with Crippen molar-refractivity contribution in [3.63, 3.8) is 0 Å². The van der Waals surface area contributed by atoms with Crippen molar-refractivity contribution in [3.05, 3.63) is 64.1 Å². The minimum Gasteiger partial charge on any atom is -0.340 e. The first-order valence-electron chi connectivity index (χ1n) is 9.12. The van der Waals surface area contributed by atoms with Gasteiger partial charge in [0.15, 0.2) is 0 Å². The van der Waals surface area contributed by atoms with Crippen molar-refractivity contribution in [2.45, 2.75) is 13.3 Å². The van der Waals surface area contributed by atoms with Gasteiger partial charge in [-0.15, -0.1) is 0 Å². The smallest absolute Gasteiger partial charge is 0.238 e. The SMILES string of the molecule is Cc1ccccc1CC(=O)N1CCN(CC(=O)Nc2ccccc2Br)CC1. The summed E-state index contributed by atoms with van der Waals surface area (Å²) < 4.78 is 0.866. The molecule has 2 aromatic carbocycles. The molecule has 6 heteroatoms. The van der Waals surface area contributed by atoms with Crippen LogP contribution in [0.2, 0.25) is 0 Å². The minimum absolute atomic E-state index is 0.0402. The molecule has 1 aliphatic heterocycles. The van der Waals surface area contributed by atoms with E-state index < -0.39 is 0 Å². The van der Waals surface area contributed by atoms with Crippen molar-refractivity contribution in [2.75, 3.05) is 38.0 Å². The number of nitrogens with one attached hydrogen (secondary N) is 1.